The molecule has 2 aliphatic heterocycles. The minimum Gasteiger partial charge on any atom is -0.456 e. The van der Waals surface area contributed by atoms with Crippen LogP contribution in [0.1, 0.15) is 22.7 Å². The number of hydrogen-bond acceptors (Lipinski definition) is 3. The van der Waals surface area contributed by atoms with Gasteiger partial charge in [-0.3, -0.25) is 4.79 Å². The van der Waals surface area contributed by atoms with E-state index in [4.69, 9.17) is 4.42 Å². The third-order valence-electron chi connectivity index (χ3n) is 3.63. The van der Waals surface area contributed by atoms with Gasteiger partial charge in [-0.25, -0.2) is 0 Å². The van der Waals surface area contributed by atoms with Gasteiger partial charge in [-0.1, -0.05) is 0 Å². The van der Waals surface area contributed by atoms with E-state index >= 15 is 0 Å². The fourth-order valence-electron chi connectivity index (χ4n) is 2.65. The van der Waals surface area contributed by atoms with E-state index < -0.39 is 0 Å². The Morgan fingerprint density at radius 1 is 1.56 bits per heavy atom. The summed E-state index contributed by atoms with van der Waals surface area (Å²) in [5, 5.41) is 3.33. The number of amides is 1. The van der Waals surface area contributed by atoms with Gasteiger partial charge in [0.25, 0.3) is 5.91 Å². The molecule has 2 unspecified atom stereocenters. The average Bonchev–Trinajstić information content (AvgIpc) is 2.67. The van der Waals surface area contributed by atoms with Crippen LogP contribution >= 0.6 is 0 Å². The van der Waals surface area contributed by atoms with Crippen LogP contribution in [-0.4, -0.2) is 36.5 Å². The van der Waals surface area contributed by atoms with Gasteiger partial charge in [-0.05, 0) is 37.9 Å². The van der Waals surface area contributed by atoms with Gasteiger partial charge in [0.05, 0.1) is 0 Å². The molecule has 0 bridgehead atoms. The topological polar surface area (TPSA) is 45.5 Å². The van der Waals surface area contributed by atoms with E-state index in [-0.39, 0.29) is 5.91 Å². The number of carbonyl (C=O) groups is 1. The van der Waals surface area contributed by atoms with Crippen molar-refractivity contribution in [2.24, 2.45) is 5.92 Å². The average molecular weight is 220 g/mol. The van der Waals surface area contributed by atoms with E-state index in [1.165, 1.54) is 6.42 Å². The van der Waals surface area contributed by atoms with Gasteiger partial charge in [0, 0.05) is 19.1 Å². The van der Waals surface area contributed by atoms with E-state index in [0.717, 1.165) is 25.4 Å². The van der Waals surface area contributed by atoms with Gasteiger partial charge >= 0.3 is 0 Å². The molecule has 3 rings (SSSR count). The van der Waals surface area contributed by atoms with Crippen LogP contribution in [0, 0.1) is 12.8 Å². The van der Waals surface area contributed by atoms with Gasteiger partial charge in [0.2, 0.25) is 0 Å². The molecular formula is C12H16N2O2. The first-order chi connectivity index (χ1) is 7.75. The van der Waals surface area contributed by atoms with E-state index in [1.54, 1.807) is 6.07 Å². The Bertz CT molecular complexity index is 413. The van der Waals surface area contributed by atoms with Crippen molar-refractivity contribution in [1.29, 1.82) is 0 Å². The standard InChI is InChI=1S/C12H16N2O2/c1-8-2-3-11(16-8)12(15)14-7-9-4-5-13-6-10(9)14/h2-3,9-10,13H,4-7H2,1H3. The molecule has 0 aromatic carbocycles. The second kappa shape index (κ2) is 3.63. The summed E-state index contributed by atoms with van der Waals surface area (Å²) in [6.45, 7) is 4.77. The largest absolute Gasteiger partial charge is 0.456 e. The molecule has 1 aromatic heterocycles. The number of nitrogens with zero attached hydrogens (tertiary/aromatic N) is 1. The number of rotatable bonds is 1. The molecule has 3 heterocycles. The van der Waals surface area contributed by atoms with Crippen LogP contribution in [0.5, 0.6) is 0 Å². The number of carbonyl (C=O) groups excluding carboxylic acids is 1. The SMILES string of the molecule is Cc1ccc(C(=O)N2CC3CCNCC32)o1. The van der Waals surface area contributed by atoms with Gasteiger partial charge < -0.3 is 14.6 Å². The molecule has 0 radical (unpaired) electrons. The van der Waals surface area contributed by atoms with Crippen molar-refractivity contribution < 1.29 is 9.21 Å². The Morgan fingerprint density at radius 3 is 3.12 bits per heavy atom. The summed E-state index contributed by atoms with van der Waals surface area (Å²) in [6.07, 6.45) is 1.19. The zero-order valence-electron chi connectivity index (χ0n) is 9.40. The molecule has 2 fully saturated rings. The summed E-state index contributed by atoms with van der Waals surface area (Å²) in [6, 6.07) is 3.98. The minimum atomic E-state index is 0.0399. The first-order valence-electron chi connectivity index (χ1n) is 5.84. The van der Waals surface area contributed by atoms with Crippen molar-refractivity contribution in [3.63, 3.8) is 0 Å². The number of piperidine rings is 1. The highest BCUT2D eigenvalue weighted by Crippen LogP contribution is 2.31. The summed E-state index contributed by atoms with van der Waals surface area (Å²) in [7, 11) is 0. The number of aryl methyl sites for hydroxylation is 1. The molecule has 16 heavy (non-hydrogen) atoms. The number of furan rings is 1. The molecule has 1 amide bonds. The maximum absolute atomic E-state index is 12.1. The summed E-state index contributed by atoms with van der Waals surface area (Å²) >= 11 is 0. The molecule has 0 aliphatic carbocycles. The van der Waals surface area contributed by atoms with E-state index in [2.05, 4.69) is 5.32 Å². The van der Waals surface area contributed by atoms with Crippen LogP contribution < -0.4 is 5.32 Å². The van der Waals surface area contributed by atoms with Crippen molar-refractivity contribution in [2.75, 3.05) is 19.6 Å². The fourth-order valence-corrected chi connectivity index (χ4v) is 2.65. The molecule has 86 valence electrons. The summed E-state index contributed by atoms with van der Waals surface area (Å²) in [5.74, 6) is 2.00. The molecule has 0 saturated carbocycles. The molecule has 2 atom stereocenters. The van der Waals surface area contributed by atoms with Crippen LogP contribution in [0.25, 0.3) is 0 Å². The van der Waals surface area contributed by atoms with Crippen LogP contribution in [0.2, 0.25) is 0 Å². The van der Waals surface area contributed by atoms with Crippen LogP contribution in [0.4, 0.5) is 0 Å². The van der Waals surface area contributed by atoms with Gasteiger partial charge in [-0.15, -0.1) is 0 Å². The van der Waals surface area contributed by atoms with E-state index in [1.807, 2.05) is 17.9 Å². The Hall–Kier alpha value is -1.29. The van der Waals surface area contributed by atoms with E-state index in [0.29, 0.717) is 17.7 Å². The summed E-state index contributed by atoms with van der Waals surface area (Å²) < 4.78 is 5.37. The number of nitrogens with one attached hydrogen (secondary N) is 1. The molecule has 2 saturated heterocycles. The molecule has 1 aromatic rings. The Labute approximate surface area is 94.6 Å². The second-order valence-corrected chi connectivity index (χ2v) is 4.69. The normalized spacial score (nSPS) is 28.4. The van der Waals surface area contributed by atoms with E-state index in [9.17, 15) is 4.79 Å². The van der Waals surface area contributed by atoms with Crippen LogP contribution in [-0.2, 0) is 0 Å². The van der Waals surface area contributed by atoms with Crippen molar-refractivity contribution in [1.82, 2.24) is 10.2 Å². The minimum absolute atomic E-state index is 0.0399. The molecule has 0 spiro atoms. The Kier molecular flexibility index (Phi) is 2.24. The first-order valence-corrected chi connectivity index (χ1v) is 5.84. The predicted octanol–water partition coefficient (Wildman–Crippen LogP) is 1.02. The Balaban J connectivity index is 1.72. The quantitative estimate of drug-likeness (QED) is 0.768. The van der Waals surface area contributed by atoms with Crippen molar-refractivity contribution in [3.05, 3.63) is 23.7 Å². The zero-order chi connectivity index (χ0) is 11.1. The third kappa shape index (κ3) is 1.45. The van der Waals surface area contributed by atoms with Crippen molar-refractivity contribution in [3.8, 4) is 0 Å². The molecule has 4 nitrogen and oxygen atoms in total. The lowest BCUT2D eigenvalue weighted by Crippen LogP contribution is -2.65. The van der Waals surface area contributed by atoms with Crippen molar-refractivity contribution >= 4 is 5.91 Å². The first kappa shape index (κ1) is 9.90. The maximum atomic E-state index is 12.1. The van der Waals surface area contributed by atoms with Crippen LogP contribution in [0.15, 0.2) is 16.5 Å². The molecule has 2 aliphatic rings. The van der Waals surface area contributed by atoms with Gasteiger partial charge in [0.1, 0.15) is 5.76 Å². The van der Waals surface area contributed by atoms with Gasteiger partial charge in [-0.2, -0.15) is 0 Å². The highest BCUT2D eigenvalue weighted by Gasteiger charge is 2.43. The molecular weight excluding hydrogens is 204 g/mol. The highest BCUT2D eigenvalue weighted by atomic mass is 16.3. The second-order valence-electron chi connectivity index (χ2n) is 4.69. The van der Waals surface area contributed by atoms with Crippen molar-refractivity contribution in [2.45, 2.75) is 19.4 Å². The lowest BCUT2D eigenvalue weighted by Gasteiger charge is -2.50. The number of likely N-dealkylation sites (tertiary alicyclic amines) is 1. The summed E-state index contributed by atoms with van der Waals surface area (Å²) in [5.41, 5.74) is 0. The number of hydrogen-bond donors (Lipinski definition) is 1. The maximum Gasteiger partial charge on any atom is 0.289 e. The Morgan fingerprint density at radius 2 is 2.44 bits per heavy atom. The predicted molar refractivity (Wildman–Crippen MR) is 59.2 cm³/mol. The smallest absolute Gasteiger partial charge is 0.289 e. The monoisotopic (exact) mass is 220 g/mol. The molecule has 4 heteroatoms. The number of fused-ring (bicyclic) bond motifs is 1. The van der Waals surface area contributed by atoms with Crippen LogP contribution in [0.3, 0.4) is 0 Å². The summed E-state index contributed by atoms with van der Waals surface area (Å²) in [4.78, 5) is 14.0. The highest BCUT2D eigenvalue weighted by molar-refractivity contribution is 5.92. The van der Waals surface area contributed by atoms with Gasteiger partial charge in [0.15, 0.2) is 5.76 Å². The third-order valence-corrected chi connectivity index (χ3v) is 3.63. The lowest BCUT2D eigenvalue weighted by molar-refractivity contribution is 0.000352. The fraction of sp³-hybridized carbons (Fsp3) is 0.583. The lowest BCUT2D eigenvalue weighted by atomic mass is 9.83. The molecule has 1 N–H and O–H groups in total. The zero-order valence-corrected chi connectivity index (χ0v) is 9.40.